The van der Waals surface area contributed by atoms with Gasteiger partial charge in [0.05, 0.1) is 11.2 Å². The highest BCUT2D eigenvalue weighted by molar-refractivity contribution is 14.1. The zero-order chi connectivity index (χ0) is 14.8. The average Bonchev–Trinajstić information content (AvgIpc) is 2.51. The first-order valence-electron chi connectivity index (χ1n) is 6.25. The summed E-state index contributed by atoms with van der Waals surface area (Å²) in [6, 6.07) is 15.0. The first kappa shape index (κ1) is 14.5. The van der Waals surface area contributed by atoms with Crippen molar-refractivity contribution in [1.29, 1.82) is 0 Å². The Labute approximate surface area is 144 Å². The van der Waals surface area contributed by atoms with Crippen molar-refractivity contribution in [2.45, 2.75) is 0 Å². The highest BCUT2D eigenvalue weighted by Crippen LogP contribution is 2.28. The maximum Gasteiger partial charge on any atom is 0.255 e. The molecule has 21 heavy (non-hydrogen) atoms. The fourth-order valence-electron chi connectivity index (χ4n) is 2.03. The molecule has 3 rings (SSSR count). The Kier molecular flexibility index (Phi) is 4.21. The number of benzene rings is 2. The van der Waals surface area contributed by atoms with Crippen molar-refractivity contribution in [1.82, 2.24) is 4.98 Å². The highest BCUT2D eigenvalue weighted by Gasteiger charge is 2.10. The van der Waals surface area contributed by atoms with Gasteiger partial charge < -0.3 is 5.32 Å². The largest absolute Gasteiger partial charge is 0.320 e. The van der Waals surface area contributed by atoms with E-state index in [0.717, 1.165) is 18.9 Å². The lowest BCUT2D eigenvalue weighted by Gasteiger charge is -2.09. The van der Waals surface area contributed by atoms with E-state index in [1.807, 2.05) is 48.5 Å². The average molecular weight is 453 g/mol. The van der Waals surface area contributed by atoms with E-state index >= 15 is 0 Å². The molecule has 0 aliphatic carbocycles. The molecule has 1 aromatic heterocycles. The molecule has 104 valence electrons. The lowest BCUT2D eigenvalue weighted by molar-refractivity contribution is 0.102. The molecular weight excluding hydrogens is 443 g/mol. The molecule has 3 nitrogen and oxygen atoms in total. The van der Waals surface area contributed by atoms with Crippen LogP contribution in [0.1, 0.15) is 10.4 Å². The minimum absolute atomic E-state index is 0.138. The second kappa shape index (κ2) is 6.11. The van der Waals surface area contributed by atoms with Crippen molar-refractivity contribution < 1.29 is 4.79 Å². The Balaban J connectivity index is 1.97. The number of halogens is 2. The van der Waals surface area contributed by atoms with Gasteiger partial charge in [0, 0.05) is 25.2 Å². The SMILES string of the molecule is O=C(Nc1ccc(Br)c2cccnc12)c1ccc(I)cc1. The van der Waals surface area contributed by atoms with Gasteiger partial charge in [0.15, 0.2) is 0 Å². The summed E-state index contributed by atoms with van der Waals surface area (Å²) in [5.41, 5.74) is 2.10. The Bertz CT molecular complexity index is 818. The van der Waals surface area contributed by atoms with Crippen LogP contribution in [0.5, 0.6) is 0 Å². The molecule has 0 bridgehead atoms. The van der Waals surface area contributed by atoms with Crippen molar-refractivity contribution in [2.24, 2.45) is 0 Å². The molecule has 0 fully saturated rings. The number of hydrogen-bond acceptors (Lipinski definition) is 2. The lowest BCUT2D eigenvalue weighted by atomic mass is 10.1. The van der Waals surface area contributed by atoms with Crippen LogP contribution >= 0.6 is 38.5 Å². The Morgan fingerprint density at radius 2 is 1.86 bits per heavy atom. The summed E-state index contributed by atoms with van der Waals surface area (Å²) < 4.78 is 2.05. The van der Waals surface area contributed by atoms with Gasteiger partial charge in [-0.25, -0.2) is 0 Å². The molecule has 1 heterocycles. The summed E-state index contributed by atoms with van der Waals surface area (Å²) in [5, 5.41) is 3.89. The molecule has 1 amide bonds. The number of carbonyl (C=O) groups is 1. The maximum atomic E-state index is 12.3. The van der Waals surface area contributed by atoms with E-state index in [1.54, 1.807) is 6.20 Å². The third-order valence-corrected chi connectivity index (χ3v) is 4.48. The number of nitrogens with zero attached hydrogens (tertiary/aromatic N) is 1. The Morgan fingerprint density at radius 1 is 1.10 bits per heavy atom. The zero-order valence-electron chi connectivity index (χ0n) is 10.8. The van der Waals surface area contributed by atoms with Gasteiger partial charge in [0.1, 0.15) is 0 Å². The van der Waals surface area contributed by atoms with E-state index in [0.29, 0.717) is 11.3 Å². The molecule has 0 atom stereocenters. The van der Waals surface area contributed by atoms with Gasteiger partial charge in [-0.2, -0.15) is 0 Å². The van der Waals surface area contributed by atoms with E-state index in [-0.39, 0.29) is 5.91 Å². The van der Waals surface area contributed by atoms with E-state index in [9.17, 15) is 4.79 Å². The predicted molar refractivity (Wildman–Crippen MR) is 96.6 cm³/mol. The molecule has 0 aliphatic rings. The fourth-order valence-corrected chi connectivity index (χ4v) is 2.85. The smallest absolute Gasteiger partial charge is 0.255 e. The van der Waals surface area contributed by atoms with Crippen LogP contribution in [0.25, 0.3) is 10.9 Å². The second-order valence-corrected chi connectivity index (χ2v) is 6.56. The third-order valence-electron chi connectivity index (χ3n) is 3.07. The van der Waals surface area contributed by atoms with Crippen LogP contribution in [0, 0.1) is 3.57 Å². The minimum Gasteiger partial charge on any atom is -0.320 e. The number of pyridine rings is 1. The lowest BCUT2D eigenvalue weighted by Crippen LogP contribution is -2.12. The van der Waals surface area contributed by atoms with Crippen LogP contribution in [0.3, 0.4) is 0 Å². The monoisotopic (exact) mass is 452 g/mol. The maximum absolute atomic E-state index is 12.3. The molecule has 5 heteroatoms. The summed E-state index contributed by atoms with van der Waals surface area (Å²) in [4.78, 5) is 16.7. The number of carbonyl (C=O) groups excluding carboxylic acids is 1. The van der Waals surface area contributed by atoms with Crippen LogP contribution in [0.4, 0.5) is 5.69 Å². The van der Waals surface area contributed by atoms with Crippen LogP contribution in [0.2, 0.25) is 0 Å². The number of amides is 1. The van der Waals surface area contributed by atoms with Crippen molar-refractivity contribution in [3.63, 3.8) is 0 Å². The summed E-state index contributed by atoms with van der Waals surface area (Å²) in [6.45, 7) is 0. The van der Waals surface area contributed by atoms with E-state index < -0.39 is 0 Å². The van der Waals surface area contributed by atoms with Gasteiger partial charge >= 0.3 is 0 Å². The number of anilines is 1. The van der Waals surface area contributed by atoms with Gasteiger partial charge in [-0.15, -0.1) is 0 Å². The molecular formula is C16H10BrIN2O. The molecule has 1 N–H and O–H groups in total. The molecule has 3 aromatic rings. The number of rotatable bonds is 2. The van der Waals surface area contributed by atoms with Crippen molar-refractivity contribution in [2.75, 3.05) is 5.32 Å². The van der Waals surface area contributed by atoms with Gasteiger partial charge in [-0.1, -0.05) is 22.0 Å². The first-order chi connectivity index (χ1) is 10.1. The molecule has 0 spiro atoms. The van der Waals surface area contributed by atoms with Gasteiger partial charge in [-0.3, -0.25) is 9.78 Å². The number of hydrogen-bond donors (Lipinski definition) is 1. The number of fused-ring (bicyclic) bond motifs is 1. The zero-order valence-corrected chi connectivity index (χ0v) is 14.6. The van der Waals surface area contributed by atoms with Crippen molar-refractivity contribution >= 4 is 61.0 Å². The minimum atomic E-state index is -0.138. The fraction of sp³-hybridized carbons (Fsp3) is 0. The molecule has 2 aromatic carbocycles. The third kappa shape index (κ3) is 3.08. The molecule has 0 aliphatic heterocycles. The van der Waals surface area contributed by atoms with Crippen molar-refractivity contribution in [3.8, 4) is 0 Å². The topological polar surface area (TPSA) is 42.0 Å². The van der Waals surface area contributed by atoms with Crippen LogP contribution in [0.15, 0.2) is 59.2 Å². The quantitative estimate of drug-likeness (QED) is 0.564. The normalized spacial score (nSPS) is 10.6. The van der Waals surface area contributed by atoms with E-state index in [2.05, 4.69) is 48.8 Å². The molecule has 0 radical (unpaired) electrons. The summed E-state index contributed by atoms with van der Waals surface area (Å²) >= 11 is 5.71. The predicted octanol–water partition coefficient (Wildman–Crippen LogP) is 4.85. The van der Waals surface area contributed by atoms with Crippen LogP contribution in [-0.4, -0.2) is 10.9 Å². The Morgan fingerprint density at radius 3 is 2.62 bits per heavy atom. The van der Waals surface area contributed by atoms with E-state index in [1.165, 1.54) is 0 Å². The molecule has 0 saturated carbocycles. The number of nitrogens with one attached hydrogen (secondary N) is 1. The standard InChI is InChI=1S/C16H10BrIN2O/c17-13-7-8-14(15-12(13)2-1-9-19-15)20-16(21)10-3-5-11(18)6-4-10/h1-9H,(H,20,21). The summed E-state index contributed by atoms with van der Waals surface area (Å²) in [6.07, 6.45) is 1.72. The number of aromatic nitrogens is 1. The molecule has 0 unspecified atom stereocenters. The molecule has 0 saturated heterocycles. The van der Waals surface area contributed by atoms with E-state index in [4.69, 9.17) is 0 Å². The summed E-state index contributed by atoms with van der Waals surface area (Å²) in [5.74, 6) is -0.138. The van der Waals surface area contributed by atoms with Gasteiger partial charge in [0.2, 0.25) is 0 Å². The summed E-state index contributed by atoms with van der Waals surface area (Å²) in [7, 11) is 0. The second-order valence-electron chi connectivity index (χ2n) is 4.46. The Hall–Kier alpha value is -1.47. The van der Waals surface area contributed by atoms with Crippen molar-refractivity contribution in [3.05, 3.63) is 68.3 Å². The van der Waals surface area contributed by atoms with Gasteiger partial charge in [0.25, 0.3) is 5.91 Å². The highest BCUT2D eigenvalue weighted by atomic mass is 127. The van der Waals surface area contributed by atoms with Crippen LogP contribution in [-0.2, 0) is 0 Å². The first-order valence-corrected chi connectivity index (χ1v) is 8.12. The van der Waals surface area contributed by atoms with Gasteiger partial charge in [-0.05, 0) is 65.1 Å². The van der Waals surface area contributed by atoms with Crippen LogP contribution < -0.4 is 5.32 Å².